The standard InChI is InChI=1S/C13H16N2O5S/c1-13(6-7-21(19,20)9-13)14(2)12(16)10-4-3-5-11(8-10)15(17)18/h3-5,8H,6-7,9H2,1-2H3. The number of non-ortho nitro benzene ring substituents is 1. The molecule has 1 aromatic carbocycles. The largest absolute Gasteiger partial charge is 0.335 e. The van der Waals surface area contributed by atoms with Gasteiger partial charge < -0.3 is 4.90 Å². The lowest BCUT2D eigenvalue weighted by molar-refractivity contribution is -0.384. The van der Waals surface area contributed by atoms with Gasteiger partial charge in [-0.05, 0) is 19.4 Å². The van der Waals surface area contributed by atoms with Crippen molar-refractivity contribution in [2.24, 2.45) is 0 Å². The molecule has 8 heteroatoms. The molecule has 21 heavy (non-hydrogen) atoms. The van der Waals surface area contributed by atoms with E-state index in [0.717, 1.165) is 0 Å². The summed E-state index contributed by atoms with van der Waals surface area (Å²) in [7, 11) is -1.61. The summed E-state index contributed by atoms with van der Waals surface area (Å²) in [4.78, 5) is 24.0. The van der Waals surface area contributed by atoms with Crippen molar-refractivity contribution in [1.82, 2.24) is 4.90 Å². The third kappa shape index (κ3) is 3.05. The number of nitro groups is 1. The molecule has 0 N–H and O–H groups in total. The van der Waals surface area contributed by atoms with E-state index in [1.807, 2.05) is 0 Å². The molecule has 1 amide bonds. The van der Waals surface area contributed by atoms with Crippen LogP contribution in [0.15, 0.2) is 24.3 Å². The van der Waals surface area contributed by atoms with Gasteiger partial charge in [0.1, 0.15) is 0 Å². The highest BCUT2D eigenvalue weighted by atomic mass is 32.2. The van der Waals surface area contributed by atoms with Crippen molar-refractivity contribution < 1.29 is 18.1 Å². The predicted octanol–water partition coefficient (Wildman–Crippen LogP) is 1.24. The number of hydrogen-bond acceptors (Lipinski definition) is 5. The van der Waals surface area contributed by atoms with E-state index in [0.29, 0.717) is 6.42 Å². The SMILES string of the molecule is CN(C(=O)c1cccc([N+](=O)[O-])c1)C1(C)CCS(=O)(=O)C1. The number of amides is 1. The molecule has 1 fully saturated rings. The first kappa shape index (κ1) is 15.4. The maximum atomic E-state index is 12.4. The molecular weight excluding hydrogens is 296 g/mol. The molecule has 2 rings (SSSR count). The molecule has 0 aromatic heterocycles. The molecule has 1 heterocycles. The van der Waals surface area contributed by atoms with Crippen molar-refractivity contribution in [3.63, 3.8) is 0 Å². The van der Waals surface area contributed by atoms with E-state index < -0.39 is 26.2 Å². The van der Waals surface area contributed by atoms with Crippen LogP contribution in [0.3, 0.4) is 0 Å². The van der Waals surface area contributed by atoms with E-state index in [1.165, 1.54) is 36.2 Å². The van der Waals surface area contributed by atoms with Gasteiger partial charge in [0.2, 0.25) is 0 Å². The van der Waals surface area contributed by atoms with Gasteiger partial charge in [0.05, 0.1) is 22.0 Å². The highest BCUT2D eigenvalue weighted by Crippen LogP contribution is 2.30. The topological polar surface area (TPSA) is 97.6 Å². The lowest BCUT2D eigenvalue weighted by Crippen LogP contribution is -2.48. The number of nitro benzene ring substituents is 1. The number of carbonyl (C=O) groups is 1. The van der Waals surface area contributed by atoms with Crippen molar-refractivity contribution >= 4 is 21.4 Å². The van der Waals surface area contributed by atoms with Crippen molar-refractivity contribution in [3.8, 4) is 0 Å². The molecular formula is C13H16N2O5S. The first-order chi connectivity index (χ1) is 9.65. The van der Waals surface area contributed by atoms with Gasteiger partial charge in [-0.15, -0.1) is 0 Å². The summed E-state index contributed by atoms with van der Waals surface area (Å²) in [5, 5.41) is 10.8. The minimum atomic E-state index is -3.14. The Balaban J connectivity index is 2.28. The fourth-order valence-electron chi connectivity index (χ4n) is 2.45. The zero-order chi connectivity index (χ0) is 15.8. The van der Waals surface area contributed by atoms with E-state index >= 15 is 0 Å². The number of sulfone groups is 1. The number of rotatable bonds is 3. The van der Waals surface area contributed by atoms with E-state index in [9.17, 15) is 23.3 Å². The zero-order valence-electron chi connectivity index (χ0n) is 11.8. The smallest absolute Gasteiger partial charge is 0.270 e. The summed E-state index contributed by atoms with van der Waals surface area (Å²) >= 11 is 0. The van der Waals surface area contributed by atoms with Crippen molar-refractivity contribution in [1.29, 1.82) is 0 Å². The molecule has 0 aliphatic carbocycles. The van der Waals surface area contributed by atoms with Gasteiger partial charge in [-0.25, -0.2) is 8.42 Å². The maximum Gasteiger partial charge on any atom is 0.270 e. The maximum absolute atomic E-state index is 12.4. The molecule has 1 unspecified atom stereocenters. The lowest BCUT2D eigenvalue weighted by Gasteiger charge is -2.34. The highest BCUT2D eigenvalue weighted by molar-refractivity contribution is 7.91. The number of carbonyl (C=O) groups excluding carboxylic acids is 1. The molecule has 1 atom stereocenters. The summed E-state index contributed by atoms with van der Waals surface area (Å²) in [6.45, 7) is 1.72. The fraction of sp³-hybridized carbons (Fsp3) is 0.462. The van der Waals surface area contributed by atoms with E-state index in [4.69, 9.17) is 0 Å². The molecule has 7 nitrogen and oxygen atoms in total. The molecule has 1 aliphatic heterocycles. The van der Waals surface area contributed by atoms with Crippen LogP contribution in [0.5, 0.6) is 0 Å². The minimum Gasteiger partial charge on any atom is -0.335 e. The molecule has 114 valence electrons. The van der Waals surface area contributed by atoms with Gasteiger partial charge in [-0.3, -0.25) is 14.9 Å². The van der Waals surface area contributed by atoms with Crippen LogP contribution in [0, 0.1) is 10.1 Å². The summed E-state index contributed by atoms with van der Waals surface area (Å²) in [6, 6.07) is 5.43. The zero-order valence-corrected chi connectivity index (χ0v) is 12.6. The van der Waals surface area contributed by atoms with E-state index in [1.54, 1.807) is 6.92 Å². The van der Waals surface area contributed by atoms with E-state index in [-0.39, 0.29) is 22.8 Å². The van der Waals surface area contributed by atoms with E-state index in [2.05, 4.69) is 0 Å². The molecule has 0 spiro atoms. The van der Waals surface area contributed by atoms with Gasteiger partial charge in [0.15, 0.2) is 9.84 Å². The van der Waals surface area contributed by atoms with Crippen LogP contribution in [0.25, 0.3) is 0 Å². The second-order valence-electron chi connectivity index (χ2n) is 5.51. The normalized spacial score (nSPS) is 23.7. The fourth-order valence-corrected chi connectivity index (χ4v) is 4.63. The second-order valence-corrected chi connectivity index (χ2v) is 7.69. The first-order valence-electron chi connectivity index (χ1n) is 6.38. The minimum absolute atomic E-state index is 0.0516. The molecule has 0 saturated carbocycles. The summed E-state index contributed by atoms with van der Waals surface area (Å²) in [6.07, 6.45) is 0.368. The summed E-state index contributed by atoms with van der Waals surface area (Å²) in [5.41, 5.74) is -0.767. The summed E-state index contributed by atoms with van der Waals surface area (Å²) in [5.74, 6) is -0.453. The second kappa shape index (κ2) is 5.10. The Morgan fingerprint density at radius 2 is 2.10 bits per heavy atom. The molecule has 1 aliphatic rings. The number of nitrogens with zero attached hydrogens (tertiary/aromatic N) is 2. The van der Waals surface area contributed by atoms with Crippen LogP contribution in [-0.2, 0) is 9.84 Å². The average Bonchev–Trinajstić information content (AvgIpc) is 2.72. The van der Waals surface area contributed by atoms with Crippen LogP contribution >= 0.6 is 0 Å². The molecule has 0 bridgehead atoms. The monoisotopic (exact) mass is 312 g/mol. The predicted molar refractivity (Wildman–Crippen MR) is 76.9 cm³/mol. The quantitative estimate of drug-likeness (QED) is 0.618. The Hall–Kier alpha value is -1.96. The summed E-state index contributed by atoms with van der Waals surface area (Å²) < 4.78 is 23.3. The van der Waals surface area contributed by atoms with Crippen LogP contribution in [0.4, 0.5) is 5.69 Å². The van der Waals surface area contributed by atoms with Gasteiger partial charge in [0, 0.05) is 24.7 Å². The molecule has 0 radical (unpaired) electrons. The van der Waals surface area contributed by atoms with Crippen molar-refractivity contribution in [3.05, 3.63) is 39.9 Å². The third-order valence-electron chi connectivity index (χ3n) is 3.90. The third-order valence-corrected chi connectivity index (χ3v) is 5.79. The van der Waals surface area contributed by atoms with Crippen LogP contribution in [0.1, 0.15) is 23.7 Å². The Kier molecular flexibility index (Phi) is 3.75. The van der Waals surface area contributed by atoms with Gasteiger partial charge in [-0.1, -0.05) is 6.07 Å². The molecule has 1 saturated heterocycles. The van der Waals surface area contributed by atoms with Crippen molar-refractivity contribution in [2.75, 3.05) is 18.6 Å². The van der Waals surface area contributed by atoms with Crippen LogP contribution in [-0.4, -0.2) is 48.2 Å². The van der Waals surface area contributed by atoms with Crippen LogP contribution < -0.4 is 0 Å². The van der Waals surface area contributed by atoms with Gasteiger partial charge in [-0.2, -0.15) is 0 Å². The van der Waals surface area contributed by atoms with Gasteiger partial charge in [0.25, 0.3) is 11.6 Å². The van der Waals surface area contributed by atoms with Crippen LogP contribution in [0.2, 0.25) is 0 Å². The molecule has 1 aromatic rings. The Morgan fingerprint density at radius 1 is 1.43 bits per heavy atom. The Labute approximate surface area is 122 Å². The number of hydrogen-bond donors (Lipinski definition) is 0. The highest BCUT2D eigenvalue weighted by Gasteiger charge is 2.43. The van der Waals surface area contributed by atoms with Crippen molar-refractivity contribution in [2.45, 2.75) is 18.9 Å². The average molecular weight is 312 g/mol. The lowest BCUT2D eigenvalue weighted by atomic mass is 9.99. The first-order valence-corrected chi connectivity index (χ1v) is 8.20. The number of benzene rings is 1. The Morgan fingerprint density at radius 3 is 2.62 bits per heavy atom. The Bertz CT molecular complexity index is 700. The van der Waals surface area contributed by atoms with Gasteiger partial charge >= 0.3 is 0 Å².